The molecule has 6 nitrogen and oxygen atoms in total. The molecule has 6 heteroatoms. The Hall–Kier alpha value is -2.86. The van der Waals surface area contributed by atoms with E-state index >= 15 is 0 Å². The van der Waals surface area contributed by atoms with E-state index in [-0.39, 0.29) is 12.3 Å². The van der Waals surface area contributed by atoms with Gasteiger partial charge >= 0.3 is 6.03 Å². The maximum absolute atomic E-state index is 12.4. The number of fused-ring (bicyclic) bond motifs is 1. The van der Waals surface area contributed by atoms with Crippen LogP contribution in [0, 0.1) is 6.92 Å². The highest BCUT2D eigenvalue weighted by Gasteiger charge is 2.19. The summed E-state index contributed by atoms with van der Waals surface area (Å²) in [6.45, 7) is 5.26. The molecule has 28 heavy (non-hydrogen) atoms. The van der Waals surface area contributed by atoms with Crippen LogP contribution >= 0.6 is 0 Å². The zero-order chi connectivity index (χ0) is 19.9. The second-order valence-electron chi connectivity index (χ2n) is 7.27. The molecule has 0 fully saturated rings. The van der Waals surface area contributed by atoms with Gasteiger partial charge in [-0.05, 0) is 35.6 Å². The van der Waals surface area contributed by atoms with Crippen LogP contribution in [0.1, 0.15) is 34.7 Å². The molecule has 1 aliphatic rings. The molecule has 0 aliphatic carbocycles. The molecule has 0 saturated carbocycles. The van der Waals surface area contributed by atoms with Crippen LogP contribution in [-0.4, -0.2) is 36.5 Å². The summed E-state index contributed by atoms with van der Waals surface area (Å²) in [6, 6.07) is 15.1. The third-order valence-electron chi connectivity index (χ3n) is 5.23. The molecule has 2 aromatic rings. The van der Waals surface area contributed by atoms with Crippen molar-refractivity contribution in [2.75, 3.05) is 19.6 Å². The Labute approximate surface area is 166 Å². The molecule has 0 saturated heterocycles. The van der Waals surface area contributed by atoms with Crippen molar-refractivity contribution in [3.05, 3.63) is 70.8 Å². The van der Waals surface area contributed by atoms with Crippen LogP contribution in [0.3, 0.4) is 0 Å². The number of urea groups is 1. The Morgan fingerprint density at radius 1 is 1.11 bits per heavy atom. The van der Waals surface area contributed by atoms with E-state index < -0.39 is 12.1 Å². The fraction of sp³-hybridized carbons (Fsp3) is 0.364. The van der Waals surface area contributed by atoms with Crippen LogP contribution in [-0.2, 0) is 17.8 Å². The van der Waals surface area contributed by atoms with Gasteiger partial charge in [0, 0.05) is 26.2 Å². The first kappa shape index (κ1) is 19.9. The standard InChI is InChI=1S/C22H28N4O2/c1-16-6-2-5-9-19(16)20(25-22(23)28)14-21(27)24-11-13-26-12-10-17-7-3-4-8-18(17)15-26/h2-9,20H,10-15H2,1H3,(H,24,27)(H3,23,25,28). The normalized spacial score (nSPS) is 14.8. The number of hydrogen-bond donors (Lipinski definition) is 3. The summed E-state index contributed by atoms with van der Waals surface area (Å²) in [5, 5.41) is 5.66. The van der Waals surface area contributed by atoms with Gasteiger partial charge in [-0.2, -0.15) is 0 Å². The van der Waals surface area contributed by atoms with Crippen LogP contribution in [0.2, 0.25) is 0 Å². The number of primary amides is 1. The van der Waals surface area contributed by atoms with Crippen LogP contribution in [0.15, 0.2) is 48.5 Å². The minimum Gasteiger partial charge on any atom is -0.355 e. The van der Waals surface area contributed by atoms with Crippen molar-refractivity contribution >= 4 is 11.9 Å². The molecule has 1 aliphatic heterocycles. The maximum atomic E-state index is 12.4. The first-order chi connectivity index (χ1) is 13.5. The molecule has 1 heterocycles. The van der Waals surface area contributed by atoms with Gasteiger partial charge in [0.1, 0.15) is 0 Å². The third kappa shape index (κ3) is 5.33. The predicted octanol–water partition coefficient (Wildman–Crippen LogP) is 2.27. The number of rotatable bonds is 7. The highest BCUT2D eigenvalue weighted by Crippen LogP contribution is 2.21. The zero-order valence-electron chi connectivity index (χ0n) is 16.3. The monoisotopic (exact) mass is 380 g/mol. The minimum atomic E-state index is -0.631. The number of amides is 3. The SMILES string of the molecule is Cc1ccccc1C(CC(=O)NCCN1CCc2ccccc2C1)NC(N)=O. The topological polar surface area (TPSA) is 87.5 Å². The molecule has 2 aromatic carbocycles. The van der Waals surface area contributed by atoms with Crippen molar-refractivity contribution in [2.45, 2.75) is 32.4 Å². The molecular formula is C22H28N4O2. The van der Waals surface area contributed by atoms with Crippen molar-refractivity contribution in [3.63, 3.8) is 0 Å². The summed E-state index contributed by atoms with van der Waals surface area (Å²) >= 11 is 0. The highest BCUT2D eigenvalue weighted by atomic mass is 16.2. The molecule has 0 aromatic heterocycles. The molecule has 3 amide bonds. The summed E-state index contributed by atoms with van der Waals surface area (Å²) in [5.74, 6) is -0.0978. The summed E-state index contributed by atoms with van der Waals surface area (Å²) in [5.41, 5.74) is 10.0. The number of carbonyl (C=O) groups is 2. The van der Waals surface area contributed by atoms with E-state index in [4.69, 9.17) is 5.73 Å². The summed E-state index contributed by atoms with van der Waals surface area (Å²) < 4.78 is 0. The lowest BCUT2D eigenvalue weighted by molar-refractivity contribution is -0.121. The van der Waals surface area contributed by atoms with Crippen LogP contribution in [0.4, 0.5) is 4.79 Å². The number of nitrogens with two attached hydrogens (primary N) is 1. The first-order valence-corrected chi connectivity index (χ1v) is 9.70. The molecule has 3 rings (SSSR count). The van der Waals surface area contributed by atoms with Crippen LogP contribution in [0.5, 0.6) is 0 Å². The lowest BCUT2D eigenvalue weighted by Crippen LogP contribution is -2.40. The number of aryl methyl sites for hydroxylation is 1. The van der Waals surface area contributed by atoms with Gasteiger partial charge in [0.25, 0.3) is 0 Å². The van der Waals surface area contributed by atoms with Gasteiger partial charge < -0.3 is 16.4 Å². The van der Waals surface area contributed by atoms with Gasteiger partial charge in [-0.3, -0.25) is 9.69 Å². The Bertz CT molecular complexity index is 837. The maximum Gasteiger partial charge on any atom is 0.312 e. The molecule has 1 unspecified atom stereocenters. The highest BCUT2D eigenvalue weighted by molar-refractivity contribution is 5.78. The molecular weight excluding hydrogens is 352 g/mol. The van der Waals surface area contributed by atoms with Gasteiger partial charge in [-0.25, -0.2) is 4.79 Å². The fourth-order valence-corrected chi connectivity index (χ4v) is 3.74. The van der Waals surface area contributed by atoms with Crippen LogP contribution < -0.4 is 16.4 Å². The van der Waals surface area contributed by atoms with E-state index in [9.17, 15) is 9.59 Å². The number of benzene rings is 2. The van der Waals surface area contributed by atoms with Crippen molar-refractivity contribution in [3.8, 4) is 0 Å². The minimum absolute atomic E-state index is 0.0978. The van der Waals surface area contributed by atoms with Gasteiger partial charge in [0.2, 0.25) is 5.91 Å². The number of hydrogen-bond acceptors (Lipinski definition) is 3. The summed E-state index contributed by atoms with van der Waals surface area (Å²) in [4.78, 5) is 26.2. The lowest BCUT2D eigenvalue weighted by Gasteiger charge is -2.28. The summed E-state index contributed by atoms with van der Waals surface area (Å²) in [7, 11) is 0. The Kier molecular flexibility index (Phi) is 6.66. The second kappa shape index (κ2) is 9.37. The number of carbonyl (C=O) groups excluding carboxylic acids is 2. The zero-order valence-corrected chi connectivity index (χ0v) is 16.3. The van der Waals surface area contributed by atoms with Gasteiger partial charge in [0.05, 0.1) is 12.5 Å². The molecule has 4 N–H and O–H groups in total. The van der Waals surface area contributed by atoms with Crippen molar-refractivity contribution in [2.24, 2.45) is 5.73 Å². The van der Waals surface area contributed by atoms with Crippen LogP contribution in [0.25, 0.3) is 0 Å². The average molecular weight is 380 g/mol. The third-order valence-corrected chi connectivity index (χ3v) is 5.23. The fourth-order valence-electron chi connectivity index (χ4n) is 3.74. The molecule has 0 bridgehead atoms. The molecule has 0 spiro atoms. The molecule has 1 atom stereocenters. The molecule has 0 radical (unpaired) electrons. The smallest absolute Gasteiger partial charge is 0.312 e. The second-order valence-corrected chi connectivity index (χ2v) is 7.27. The Morgan fingerprint density at radius 2 is 1.82 bits per heavy atom. The average Bonchev–Trinajstić information content (AvgIpc) is 2.67. The van der Waals surface area contributed by atoms with E-state index in [1.54, 1.807) is 0 Å². The number of nitrogens with one attached hydrogen (secondary N) is 2. The van der Waals surface area contributed by atoms with Crippen molar-refractivity contribution in [1.82, 2.24) is 15.5 Å². The van der Waals surface area contributed by atoms with Gasteiger partial charge in [-0.15, -0.1) is 0 Å². The van der Waals surface area contributed by atoms with E-state index in [0.717, 1.165) is 37.2 Å². The number of nitrogens with zero attached hydrogens (tertiary/aromatic N) is 1. The largest absolute Gasteiger partial charge is 0.355 e. The van der Waals surface area contributed by atoms with E-state index in [2.05, 4.69) is 39.8 Å². The Balaban J connectivity index is 1.50. The quantitative estimate of drug-likeness (QED) is 0.689. The van der Waals surface area contributed by atoms with Crippen molar-refractivity contribution < 1.29 is 9.59 Å². The van der Waals surface area contributed by atoms with E-state index in [1.807, 2.05) is 31.2 Å². The summed E-state index contributed by atoms with van der Waals surface area (Å²) in [6.07, 6.45) is 1.21. The van der Waals surface area contributed by atoms with E-state index in [0.29, 0.717) is 6.54 Å². The lowest BCUT2D eigenvalue weighted by atomic mass is 9.98. The van der Waals surface area contributed by atoms with Gasteiger partial charge in [-0.1, -0.05) is 48.5 Å². The molecule has 148 valence electrons. The Morgan fingerprint density at radius 3 is 2.57 bits per heavy atom. The van der Waals surface area contributed by atoms with Gasteiger partial charge in [0.15, 0.2) is 0 Å². The predicted molar refractivity (Wildman–Crippen MR) is 110 cm³/mol. The first-order valence-electron chi connectivity index (χ1n) is 9.70. The van der Waals surface area contributed by atoms with E-state index in [1.165, 1.54) is 11.1 Å². The van der Waals surface area contributed by atoms with Crippen molar-refractivity contribution in [1.29, 1.82) is 0 Å².